The largest absolute Gasteiger partial charge is 0.481 e. The van der Waals surface area contributed by atoms with Gasteiger partial charge in [-0.05, 0) is 17.7 Å². The summed E-state index contributed by atoms with van der Waals surface area (Å²) in [4.78, 5) is 27.7. The molecule has 2 rings (SSSR count). The molecule has 2 aromatic rings. The number of carbonyl (C=O) groups is 2. The highest BCUT2D eigenvalue weighted by atomic mass is 32.1. The number of halogens is 1. The number of carboxylic acids is 1. The van der Waals surface area contributed by atoms with Gasteiger partial charge >= 0.3 is 5.97 Å². The van der Waals surface area contributed by atoms with Crippen LogP contribution in [0.5, 0.6) is 0 Å². The normalized spacial score (nSPS) is 12.2. The van der Waals surface area contributed by atoms with Gasteiger partial charge in [0.25, 0.3) is 5.91 Å². The third-order valence-electron chi connectivity index (χ3n) is 3.29. The summed E-state index contributed by atoms with van der Waals surface area (Å²) in [5.74, 6) is -2.65. The number of hydrogen-bond donors (Lipinski definition) is 2. The summed E-state index contributed by atoms with van der Waals surface area (Å²) in [5, 5.41) is 14.4. The van der Waals surface area contributed by atoms with E-state index in [0.29, 0.717) is 5.56 Å². The van der Waals surface area contributed by atoms with Gasteiger partial charge in [-0.3, -0.25) is 9.59 Å². The van der Waals surface area contributed by atoms with E-state index in [4.69, 9.17) is 0 Å². The molecule has 0 spiro atoms. The van der Waals surface area contributed by atoms with Crippen molar-refractivity contribution in [2.45, 2.75) is 25.7 Å². The molecule has 1 aromatic carbocycles. The summed E-state index contributed by atoms with van der Waals surface area (Å²) in [5.41, 5.74) is 0.710. The molecule has 0 aliphatic rings. The number of rotatable bonds is 6. The smallest absolute Gasteiger partial charge is 0.312 e. The van der Waals surface area contributed by atoms with E-state index in [-0.39, 0.29) is 18.2 Å². The first-order valence-electron chi connectivity index (χ1n) is 7.10. The topological polar surface area (TPSA) is 79.3 Å². The summed E-state index contributed by atoms with van der Waals surface area (Å²) in [6.07, 6.45) is 0. The highest BCUT2D eigenvalue weighted by Gasteiger charge is 2.22. The molecule has 122 valence electrons. The number of aliphatic carboxylic acids is 1. The lowest BCUT2D eigenvalue weighted by atomic mass is 9.99. The van der Waals surface area contributed by atoms with E-state index in [0.717, 1.165) is 5.01 Å². The predicted octanol–water partition coefficient (Wildman–Crippen LogP) is 3.00. The highest BCUT2D eigenvalue weighted by molar-refractivity contribution is 7.09. The lowest BCUT2D eigenvalue weighted by Crippen LogP contribution is -2.32. The van der Waals surface area contributed by atoms with Crippen LogP contribution in [0, 0.1) is 5.82 Å². The summed E-state index contributed by atoms with van der Waals surface area (Å²) in [7, 11) is 0. The average Bonchev–Trinajstić information content (AvgIpc) is 2.99. The Kier molecular flexibility index (Phi) is 5.44. The molecule has 7 heteroatoms. The Hall–Kier alpha value is -2.28. The summed E-state index contributed by atoms with van der Waals surface area (Å²) in [6, 6.07) is 5.20. The molecule has 1 heterocycles. The Morgan fingerprint density at radius 1 is 1.30 bits per heavy atom. The zero-order chi connectivity index (χ0) is 17.0. The minimum absolute atomic E-state index is 0.0890. The van der Waals surface area contributed by atoms with Crippen molar-refractivity contribution in [3.8, 4) is 0 Å². The SMILES string of the molecule is CC(C)c1nc(C(=O)NCC(C(=O)O)c2ccc(F)cc2)cs1. The minimum atomic E-state index is -1.09. The zero-order valence-electron chi connectivity index (χ0n) is 12.7. The van der Waals surface area contributed by atoms with Crippen LogP contribution in [0.1, 0.15) is 46.7 Å². The van der Waals surface area contributed by atoms with Gasteiger partial charge < -0.3 is 10.4 Å². The van der Waals surface area contributed by atoms with E-state index in [9.17, 15) is 19.1 Å². The van der Waals surface area contributed by atoms with Crippen LogP contribution in [-0.2, 0) is 4.79 Å². The second-order valence-electron chi connectivity index (χ2n) is 5.38. The van der Waals surface area contributed by atoms with Gasteiger partial charge in [-0.1, -0.05) is 26.0 Å². The molecule has 0 saturated carbocycles. The molecule has 5 nitrogen and oxygen atoms in total. The molecule has 0 fully saturated rings. The second kappa shape index (κ2) is 7.32. The molecule has 1 unspecified atom stereocenters. The van der Waals surface area contributed by atoms with E-state index in [2.05, 4.69) is 10.3 Å². The van der Waals surface area contributed by atoms with E-state index in [1.165, 1.54) is 35.6 Å². The maximum atomic E-state index is 12.9. The Bertz CT molecular complexity index is 698. The lowest BCUT2D eigenvalue weighted by Gasteiger charge is -2.13. The van der Waals surface area contributed by atoms with Crippen molar-refractivity contribution < 1.29 is 19.1 Å². The van der Waals surface area contributed by atoms with Gasteiger partial charge in [0.15, 0.2) is 0 Å². The number of nitrogens with zero attached hydrogens (tertiary/aromatic N) is 1. The van der Waals surface area contributed by atoms with E-state index in [1.54, 1.807) is 5.38 Å². The number of hydrogen-bond acceptors (Lipinski definition) is 4. The Balaban J connectivity index is 2.04. The van der Waals surface area contributed by atoms with Crippen LogP contribution in [-0.4, -0.2) is 28.5 Å². The van der Waals surface area contributed by atoms with Gasteiger partial charge in [0, 0.05) is 17.8 Å². The van der Waals surface area contributed by atoms with Gasteiger partial charge in [0.05, 0.1) is 10.9 Å². The molecule has 23 heavy (non-hydrogen) atoms. The van der Waals surface area contributed by atoms with Crippen LogP contribution in [0.3, 0.4) is 0 Å². The van der Waals surface area contributed by atoms with Gasteiger partial charge in [-0.15, -0.1) is 11.3 Å². The standard InChI is InChI=1S/C16H17FN2O3S/c1-9(2)15-19-13(8-23-15)14(20)18-7-12(16(21)22)10-3-5-11(17)6-4-10/h3-6,8-9,12H,7H2,1-2H3,(H,18,20)(H,21,22). The summed E-state index contributed by atoms with van der Waals surface area (Å²) in [6.45, 7) is 3.87. The predicted molar refractivity (Wildman–Crippen MR) is 85.3 cm³/mol. The average molecular weight is 336 g/mol. The van der Waals surface area contributed by atoms with E-state index < -0.39 is 23.6 Å². The maximum absolute atomic E-state index is 12.9. The minimum Gasteiger partial charge on any atom is -0.481 e. The molecule has 0 aliphatic heterocycles. The second-order valence-corrected chi connectivity index (χ2v) is 6.27. The van der Waals surface area contributed by atoms with Crippen LogP contribution in [0.15, 0.2) is 29.6 Å². The molecule has 2 N–H and O–H groups in total. The van der Waals surface area contributed by atoms with Gasteiger partial charge in [-0.2, -0.15) is 0 Å². The first kappa shape index (κ1) is 17.1. The third kappa shape index (κ3) is 4.35. The van der Waals surface area contributed by atoms with E-state index >= 15 is 0 Å². The van der Waals surface area contributed by atoms with E-state index in [1.807, 2.05) is 13.8 Å². The van der Waals surface area contributed by atoms with Crippen molar-refractivity contribution in [3.05, 3.63) is 51.7 Å². The Morgan fingerprint density at radius 2 is 1.96 bits per heavy atom. The highest BCUT2D eigenvalue weighted by Crippen LogP contribution is 2.20. The fourth-order valence-corrected chi connectivity index (χ4v) is 2.80. The molecule has 0 saturated heterocycles. The van der Waals surface area contributed by atoms with Gasteiger partial charge in [0.2, 0.25) is 0 Å². The van der Waals surface area contributed by atoms with Gasteiger partial charge in [-0.25, -0.2) is 9.37 Å². The summed E-state index contributed by atoms with van der Waals surface area (Å²) < 4.78 is 12.9. The lowest BCUT2D eigenvalue weighted by molar-refractivity contribution is -0.138. The Labute approximate surface area is 137 Å². The summed E-state index contributed by atoms with van der Waals surface area (Å²) >= 11 is 1.39. The molecule has 1 atom stereocenters. The fourth-order valence-electron chi connectivity index (χ4n) is 1.99. The van der Waals surface area contributed by atoms with Crippen molar-refractivity contribution in [1.29, 1.82) is 0 Å². The first-order valence-corrected chi connectivity index (χ1v) is 7.98. The van der Waals surface area contributed by atoms with Crippen molar-refractivity contribution >= 4 is 23.2 Å². The Morgan fingerprint density at radius 3 is 2.48 bits per heavy atom. The molecule has 1 amide bonds. The van der Waals surface area contributed by atoms with Crippen molar-refractivity contribution in [1.82, 2.24) is 10.3 Å². The first-order chi connectivity index (χ1) is 10.9. The molecule has 0 bridgehead atoms. The maximum Gasteiger partial charge on any atom is 0.312 e. The zero-order valence-corrected chi connectivity index (χ0v) is 13.6. The molecule has 0 radical (unpaired) electrons. The van der Waals surface area contributed by atoms with Gasteiger partial charge in [0.1, 0.15) is 11.5 Å². The third-order valence-corrected chi connectivity index (χ3v) is 4.43. The number of carbonyl (C=O) groups excluding carboxylic acids is 1. The number of carboxylic acid groups (broad SMARTS) is 1. The molecule has 1 aromatic heterocycles. The number of aromatic nitrogens is 1. The van der Waals surface area contributed by atoms with Crippen LogP contribution < -0.4 is 5.32 Å². The molecule has 0 aliphatic carbocycles. The van der Waals surface area contributed by atoms with Crippen molar-refractivity contribution in [2.24, 2.45) is 0 Å². The number of amides is 1. The van der Waals surface area contributed by atoms with Crippen LogP contribution >= 0.6 is 11.3 Å². The number of benzene rings is 1. The van der Waals surface area contributed by atoms with Crippen LogP contribution in [0.4, 0.5) is 4.39 Å². The quantitative estimate of drug-likeness (QED) is 0.850. The van der Waals surface area contributed by atoms with Crippen molar-refractivity contribution in [3.63, 3.8) is 0 Å². The fraction of sp³-hybridized carbons (Fsp3) is 0.312. The van der Waals surface area contributed by atoms with Crippen molar-refractivity contribution in [2.75, 3.05) is 6.54 Å². The molecular weight excluding hydrogens is 319 g/mol. The number of thiazole rings is 1. The molecular formula is C16H17FN2O3S. The van der Waals surface area contributed by atoms with Crippen LogP contribution in [0.2, 0.25) is 0 Å². The van der Waals surface area contributed by atoms with Crippen LogP contribution in [0.25, 0.3) is 0 Å². The number of nitrogens with one attached hydrogen (secondary N) is 1. The monoisotopic (exact) mass is 336 g/mol.